The van der Waals surface area contributed by atoms with Gasteiger partial charge in [-0.05, 0) is 47.8 Å². The minimum Gasteiger partial charge on any atom is -0.359 e. The highest BCUT2D eigenvalue weighted by Gasteiger charge is 2.13. The van der Waals surface area contributed by atoms with E-state index in [0.717, 1.165) is 47.9 Å². The quantitative estimate of drug-likeness (QED) is 0.837. The van der Waals surface area contributed by atoms with Crippen molar-refractivity contribution in [1.29, 1.82) is 0 Å². The Labute approximate surface area is 121 Å². The number of anilines is 1. The lowest BCUT2D eigenvalue weighted by Crippen LogP contribution is -2.25. The van der Waals surface area contributed by atoms with Crippen molar-refractivity contribution in [3.63, 3.8) is 0 Å². The van der Waals surface area contributed by atoms with E-state index in [2.05, 4.69) is 54.0 Å². The third-order valence-corrected chi connectivity index (χ3v) is 3.66. The van der Waals surface area contributed by atoms with Crippen molar-refractivity contribution in [1.82, 2.24) is 19.5 Å². The second-order valence-corrected chi connectivity index (χ2v) is 5.78. The first-order valence-corrected chi connectivity index (χ1v) is 7.09. The van der Waals surface area contributed by atoms with E-state index in [1.807, 2.05) is 18.4 Å². The van der Waals surface area contributed by atoms with Gasteiger partial charge < -0.3 is 9.80 Å². The molecule has 0 saturated heterocycles. The molecule has 0 bridgehead atoms. The van der Waals surface area contributed by atoms with Gasteiger partial charge in [0.2, 0.25) is 0 Å². The maximum absolute atomic E-state index is 4.62. The molecule has 0 aliphatic rings. The normalized spacial score (nSPS) is 11.6. The topological polar surface area (TPSA) is 36.7 Å². The molecule has 0 spiro atoms. The van der Waals surface area contributed by atoms with Crippen LogP contribution in [0.25, 0.3) is 5.65 Å². The zero-order chi connectivity index (χ0) is 14.9. The van der Waals surface area contributed by atoms with Crippen LogP contribution in [0.3, 0.4) is 0 Å². The Bertz CT molecular complexity index is 600. The van der Waals surface area contributed by atoms with E-state index in [-0.39, 0.29) is 0 Å². The molecule has 0 radical (unpaired) electrons. The summed E-state index contributed by atoms with van der Waals surface area (Å²) in [6.07, 6.45) is 1.13. The number of hydrogen-bond donors (Lipinski definition) is 0. The molecule has 0 atom stereocenters. The van der Waals surface area contributed by atoms with Gasteiger partial charge in [0.05, 0.1) is 5.69 Å². The molecule has 5 nitrogen and oxygen atoms in total. The van der Waals surface area contributed by atoms with E-state index in [9.17, 15) is 0 Å². The van der Waals surface area contributed by atoms with Crippen molar-refractivity contribution in [3.8, 4) is 0 Å². The van der Waals surface area contributed by atoms with E-state index in [1.54, 1.807) is 0 Å². The van der Waals surface area contributed by atoms with Crippen LogP contribution in [-0.4, -0.2) is 53.7 Å². The first-order chi connectivity index (χ1) is 9.40. The van der Waals surface area contributed by atoms with Gasteiger partial charge in [-0.3, -0.25) is 0 Å². The predicted octanol–water partition coefficient (Wildman–Crippen LogP) is 2.04. The van der Waals surface area contributed by atoms with Crippen molar-refractivity contribution in [3.05, 3.63) is 23.0 Å². The van der Waals surface area contributed by atoms with Gasteiger partial charge in [-0.15, -0.1) is 0 Å². The van der Waals surface area contributed by atoms with E-state index in [4.69, 9.17) is 0 Å². The lowest BCUT2D eigenvalue weighted by Gasteiger charge is -2.21. The molecular formula is C15H25N5. The van der Waals surface area contributed by atoms with Crippen LogP contribution in [-0.2, 0) is 0 Å². The van der Waals surface area contributed by atoms with E-state index in [1.165, 1.54) is 0 Å². The highest BCUT2D eigenvalue weighted by molar-refractivity contribution is 5.56. The van der Waals surface area contributed by atoms with Crippen molar-refractivity contribution in [2.45, 2.75) is 27.2 Å². The van der Waals surface area contributed by atoms with Crippen LogP contribution in [0, 0.1) is 20.8 Å². The molecule has 0 saturated carbocycles. The fourth-order valence-electron chi connectivity index (χ4n) is 2.34. The summed E-state index contributed by atoms with van der Waals surface area (Å²) in [5.41, 5.74) is 4.22. The third kappa shape index (κ3) is 2.93. The number of aromatic nitrogens is 3. The van der Waals surface area contributed by atoms with E-state index in [0.29, 0.717) is 0 Å². The second kappa shape index (κ2) is 5.79. The third-order valence-electron chi connectivity index (χ3n) is 3.66. The van der Waals surface area contributed by atoms with Gasteiger partial charge in [-0.25, -0.2) is 4.98 Å². The lowest BCUT2D eigenvalue weighted by atomic mass is 10.3. The average molecular weight is 275 g/mol. The van der Waals surface area contributed by atoms with E-state index < -0.39 is 0 Å². The fraction of sp³-hybridized carbons (Fsp3) is 0.600. The minimum atomic E-state index is 0.969. The molecule has 110 valence electrons. The van der Waals surface area contributed by atoms with Gasteiger partial charge in [0, 0.05) is 30.9 Å². The molecule has 0 fully saturated rings. The first-order valence-electron chi connectivity index (χ1n) is 7.09. The smallest absolute Gasteiger partial charge is 0.160 e. The van der Waals surface area contributed by atoms with Gasteiger partial charge in [0.1, 0.15) is 5.82 Å². The Balaban J connectivity index is 2.31. The molecule has 0 aliphatic carbocycles. The summed E-state index contributed by atoms with van der Waals surface area (Å²) in [6, 6.07) is 2.11. The largest absolute Gasteiger partial charge is 0.359 e. The summed E-state index contributed by atoms with van der Waals surface area (Å²) < 4.78 is 1.97. The van der Waals surface area contributed by atoms with Gasteiger partial charge in [0.15, 0.2) is 5.65 Å². The standard InChI is InChI=1S/C15H25N5/c1-11-10-14(19(6)9-7-8-18(4)5)20-15(16-11)12(2)13(3)17-20/h10H,7-9H2,1-6H3. The summed E-state index contributed by atoms with van der Waals surface area (Å²) in [7, 11) is 6.33. The Kier molecular flexibility index (Phi) is 4.28. The lowest BCUT2D eigenvalue weighted by molar-refractivity contribution is 0.401. The highest BCUT2D eigenvalue weighted by Crippen LogP contribution is 2.20. The zero-order valence-corrected chi connectivity index (χ0v) is 13.4. The second-order valence-electron chi connectivity index (χ2n) is 5.78. The maximum atomic E-state index is 4.62. The average Bonchev–Trinajstić information content (AvgIpc) is 2.65. The fourth-order valence-corrected chi connectivity index (χ4v) is 2.34. The maximum Gasteiger partial charge on any atom is 0.160 e. The van der Waals surface area contributed by atoms with Crippen molar-refractivity contribution < 1.29 is 0 Å². The molecule has 0 aromatic carbocycles. The summed E-state index contributed by atoms with van der Waals surface area (Å²) in [5.74, 6) is 1.11. The van der Waals surface area contributed by atoms with Gasteiger partial charge >= 0.3 is 0 Å². The van der Waals surface area contributed by atoms with Crippen LogP contribution in [0.1, 0.15) is 23.4 Å². The van der Waals surface area contributed by atoms with Crippen molar-refractivity contribution >= 4 is 11.5 Å². The number of rotatable bonds is 5. The Hall–Kier alpha value is -1.62. The molecule has 0 unspecified atom stereocenters. The molecule has 0 amide bonds. The molecule has 20 heavy (non-hydrogen) atoms. The summed E-state index contributed by atoms with van der Waals surface area (Å²) in [6.45, 7) is 8.26. The molecule has 0 N–H and O–H groups in total. The Morgan fingerprint density at radius 3 is 2.45 bits per heavy atom. The van der Waals surface area contributed by atoms with Crippen LogP contribution in [0.2, 0.25) is 0 Å². The number of nitrogens with zero attached hydrogens (tertiary/aromatic N) is 5. The summed E-state index contributed by atoms with van der Waals surface area (Å²) in [4.78, 5) is 9.09. The summed E-state index contributed by atoms with van der Waals surface area (Å²) in [5, 5.41) is 4.62. The molecule has 0 aliphatic heterocycles. The van der Waals surface area contributed by atoms with Crippen LogP contribution in [0.15, 0.2) is 6.07 Å². The van der Waals surface area contributed by atoms with Crippen LogP contribution >= 0.6 is 0 Å². The Morgan fingerprint density at radius 2 is 1.80 bits per heavy atom. The zero-order valence-electron chi connectivity index (χ0n) is 13.4. The minimum absolute atomic E-state index is 0.969. The van der Waals surface area contributed by atoms with Crippen LogP contribution in [0.5, 0.6) is 0 Å². The molecular weight excluding hydrogens is 250 g/mol. The van der Waals surface area contributed by atoms with Gasteiger partial charge in [-0.1, -0.05) is 0 Å². The van der Waals surface area contributed by atoms with Crippen molar-refractivity contribution in [2.24, 2.45) is 0 Å². The molecule has 2 rings (SSSR count). The highest BCUT2D eigenvalue weighted by atomic mass is 15.3. The number of aryl methyl sites for hydroxylation is 3. The number of fused-ring (bicyclic) bond motifs is 1. The van der Waals surface area contributed by atoms with E-state index >= 15 is 0 Å². The van der Waals surface area contributed by atoms with Gasteiger partial charge in [-0.2, -0.15) is 9.61 Å². The van der Waals surface area contributed by atoms with Crippen LogP contribution in [0.4, 0.5) is 5.82 Å². The molecule has 2 aromatic rings. The summed E-state index contributed by atoms with van der Waals surface area (Å²) >= 11 is 0. The molecule has 2 heterocycles. The monoisotopic (exact) mass is 275 g/mol. The van der Waals surface area contributed by atoms with Gasteiger partial charge in [0.25, 0.3) is 0 Å². The van der Waals surface area contributed by atoms with Crippen LogP contribution < -0.4 is 4.90 Å². The SMILES string of the molecule is Cc1cc(N(C)CCCN(C)C)n2nc(C)c(C)c2n1. The Morgan fingerprint density at radius 1 is 1.10 bits per heavy atom. The number of hydrogen-bond acceptors (Lipinski definition) is 4. The first kappa shape index (κ1) is 14.8. The van der Waals surface area contributed by atoms with Crippen molar-refractivity contribution in [2.75, 3.05) is 39.1 Å². The predicted molar refractivity (Wildman–Crippen MR) is 83.6 cm³/mol. The molecule has 5 heteroatoms. The molecule has 2 aromatic heterocycles.